The molecule has 140 valence electrons. The van der Waals surface area contributed by atoms with E-state index in [0.29, 0.717) is 29.9 Å². The maximum absolute atomic E-state index is 5.45. The zero-order valence-electron chi connectivity index (χ0n) is 15.5. The molecule has 0 aliphatic carbocycles. The zero-order valence-corrected chi connectivity index (χ0v) is 15.5. The van der Waals surface area contributed by atoms with E-state index in [9.17, 15) is 0 Å². The highest BCUT2D eigenvalue weighted by Gasteiger charge is 2.08. The summed E-state index contributed by atoms with van der Waals surface area (Å²) in [5, 5.41) is 6.41. The van der Waals surface area contributed by atoms with Crippen molar-refractivity contribution < 1.29 is 14.2 Å². The van der Waals surface area contributed by atoms with Gasteiger partial charge in [0.2, 0.25) is 5.95 Å². The third-order valence-corrected chi connectivity index (χ3v) is 3.75. The molecule has 0 bridgehead atoms. The van der Waals surface area contributed by atoms with Gasteiger partial charge in [0.05, 0.1) is 26.5 Å². The largest absolute Gasteiger partial charge is 0.497 e. The predicted molar refractivity (Wildman–Crippen MR) is 106 cm³/mol. The molecule has 0 radical (unpaired) electrons. The van der Waals surface area contributed by atoms with Crippen LogP contribution in [0.25, 0.3) is 0 Å². The van der Waals surface area contributed by atoms with Gasteiger partial charge in [0.1, 0.15) is 23.1 Å². The summed E-state index contributed by atoms with van der Waals surface area (Å²) < 4.78 is 16.1. The van der Waals surface area contributed by atoms with Crippen molar-refractivity contribution in [3.05, 3.63) is 54.7 Å². The van der Waals surface area contributed by atoms with Gasteiger partial charge < -0.3 is 24.8 Å². The minimum Gasteiger partial charge on any atom is -0.497 e. The molecule has 7 nitrogen and oxygen atoms in total. The Balaban J connectivity index is 1.76. The van der Waals surface area contributed by atoms with Gasteiger partial charge in [0.25, 0.3) is 0 Å². The molecule has 1 aromatic heterocycles. The van der Waals surface area contributed by atoms with Crippen LogP contribution in [0.3, 0.4) is 0 Å². The Morgan fingerprint density at radius 2 is 1.67 bits per heavy atom. The van der Waals surface area contributed by atoms with Crippen molar-refractivity contribution in [1.29, 1.82) is 0 Å². The molecule has 1 heterocycles. The lowest BCUT2D eigenvalue weighted by atomic mass is 10.2. The summed E-state index contributed by atoms with van der Waals surface area (Å²) in [4.78, 5) is 8.76. The van der Waals surface area contributed by atoms with Crippen molar-refractivity contribution in [1.82, 2.24) is 9.97 Å². The molecule has 0 aliphatic heterocycles. The van der Waals surface area contributed by atoms with Crippen LogP contribution in [0.1, 0.15) is 6.92 Å². The van der Waals surface area contributed by atoms with Crippen molar-refractivity contribution in [2.24, 2.45) is 0 Å². The molecule has 7 heteroatoms. The van der Waals surface area contributed by atoms with Crippen LogP contribution >= 0.6 is 0 Å². The Labute approximate surface area is 158 Å². The SMILES string of the molecule is CCOc1ccc(Nc2ccnc(Nc3cc(OC)ccc3OC)n2)cc1. The van der Waals surface area contributed by atoms with Gasteiger partial charge in [0.15, 0.2) is 0 Å². The minimum atomic E-state index is 0.442. The number of ether oxygens (including phenoxy) is 3. The van der Waals surface area contributed by atoms with Crippen LogP contribution in [-0.4, -0.2) is 30.8 Å². The quantitative estimate of drug-likeness (QED) is 0.612. The van der Waals surface area contributed by atoms with E-state index in [1.807, 2.05) is 49.4 Å². The van der Waals surface area contributed by atoms with E-state index in [-0.39, 0.29) is 0 Å². The molecular formula is C20H22N4O3. The van der Waals surface area contributed by atoms with E-state index in [0.717, 1.165) is 17.1 Å². The lowest BCUT2D eigenvalue weighted by molar-refractivity contribution is 0.340. The third-order valence-electron chi connectivity index (χ3n) is 3.75. The minimum absolute atomic E-state index is 0.442. The molecule has 0 fully saturated rings. The number of aromatic nitrogens is 2. The van der Waals surface area contributed by atoms with E-state index in [1.54, 1.807) is 26.5 Å². The van der Waals surface area contributed by atoms with Crippen LogP contribution in [0.4, 0.5) is 23.1 Å². The summed E-state index contributed by atoms with van der Waals surface area (Å²) in [5.74, 6) is 3.32. The van der Waals surface area contributed by atoms with E-state index in [2.05, 4.69) is 20.6 Å². The van der Waals surface area contributed by atoms with Crippen molar-refractivity contribution in [3.63, 3.8) is 0 Å². The number of rotatable bonds is 8. The molecule has 2 N–H and O–H groups in total. The summed E-state index contributed by atoms with van der Waals surface area (Å²) in [6.45, 7) is 2.60. The number of benzene rings is 2. The predicted octanol–water partition coefficient (Wildman–Crippen LogP) is 4.38. The van der Waals surface area contributed by atoms with Crippen molar-refractivity contribution in [2.45, 2.75) is 6.92 Å². The molecule has 0 aliphatic rings. The van der Waals surface area contributed by atoms with Crippen molar-refractivity contribution in [2.75, 3.05) is 31.5 Å². The normalized spacial score (nSPS) is 10.2. The Bertz CT molecular complexity index is 885. The number of nitrogens with zero attached hydrogens (tertiary/aromatic N) is 2. The highest BCUT2D eigenvalue weighted by molar-refractivity contribution is 5.66. The van der Waals surface area contributed by atoms with Crippen LogP contribution in [-0.2, 0) is 0 Å². The Morgan fingerprint density at radius 3 is 2.37 bits per heavy atom. The average Bonchev–Trinajstić information content (AvgIpc) is 2.70. The number of hydrogen-bond donors (Lipinski definition) is 2. The highest BCUT2D eigenvalue weighted by atomic mass is 16.5. The molecule has 3 aromatic rings. The molecule has 0 saturated carbocycles. The fourth-order valence-electron chi connectivity index (χ4n) is 2.47. The highest BCUT2D eigenvalue weighted by Crippen LogP contribution is 2.31. The molecule has 27 heavy (non-hydrogen) atoms. The van der Waals surface area contributed by atoms with Gasteiger partial charge in [-0.1, -0.05) is 0 Å². The van der Waals surface area contributed by atoms with Gasteiger partial charge in [0, 0.05) is 18.0 Å². The third kappa shape index (κ3) is 4.78. The lowest BCUT2D eigenvalue weighted by Gasteiger charge is -2.12. The summed E-state index contributed by atoms with van der Waals surface area (Å²) in [7, 11) is 3.22. The summed E-state index contributed by atoms with van der Waals surface area (Å²) >= 11 is 0. The van der Waals surface area contributed by atoms with E-state index in [1.165, 1.54) is 0 Å². The first kappa shape index (κ1) is 18.3. The second kappa shape index (κ2) is 8.75. The Morgan fingerprint density at radius 1 is 0.889 bits per heavy atom. The maximum atomic E-state index is 5.45. The van der Waals surface area contributed by atoms with Crippen LogP contribution in [0, 0.1) is 0 Å². The fraction of sp³-hybridized carbons (Fsp3) is 0.200. The number of anilines is 4. The van der Waals surface area contributed by atoms with E-state index >= 15 is 0 Å². The van der Waals surface area contributed by atoms with E-state index in [4.69, 9.17) is 14.2 Å². The molecule has 0 amide bonds. The molecule has 0 spiro atoms. The second-order valence-electron chi connectivity index (χ2n) is 5.54. The molecule has 2 aromatic carbocycles. The topological polar surface area (TPSA) is 77.5 Å². The molecule has 0 unspecified atom stereocenters. The average molecular weight is 366 g/mol. The van der Waals surface area contributed by atoms with Gasteiger partial charge in [-0.05, 0) is 49.4 Å². The van der Waals surface area contributed by atoms with Crippen LogP contribution in [0.15, 0.2) is 54.7 Å². The van der Waals surface area contributed by atoms with Crippen molar-refractivity contribution >= 4 is 23.1 Å². The smallest absolute Gasteiger partial charge is 0.229 e. The number of hydrogen-bond acceptors (Lipinski definition) is 7. The number of nitrogens with one attached hydrogen (secondary N) is 2. The fourth-order valence-corrected chi connectivity index (χ4v) is 2.47. The summed E-state index contributed by atoms with van der Waals surface area (Å²) in [6.07, 6.45) is 1.68. The van der Waals surface area contributed by atoms with Crippen LogP contribution in [0.2, 0.25) is 0 Å². The molecule has 0 atom stereocenters. The van der Waals surface area contributed by atoms with Gasteiger partial charge >= 0.3 is 0 Å². The van der Waals surface area contributed by atoms with Gasteiger partial charge in [-0.25, -0.2) is 4.98 Å². The molecular weight excluding hydrogens is 344 g/mol. The first-order chi connectivity index (χ1) is 13.2. The first-order valence-electron chi connectivity index (χ1n) is 8.54. The van der Waals surface area contributed by atoms with Gasteiger partial charge in [-0.2, -0.15) is 4.98 Å². The summed E-state index contributed by atoms with van der Waals surface area (Å²) in [6, 6.07) is 15.0. The van der Waals surface area contributed by atoms with Crippen LogP contribution in [0.5, 0.6) is 17.2 Å². The molecule has 3 rings (SSSR count). The zero-order chi connectivity index (χ0) is 19.1. The van der Waals surface area contributed by atoms with E-state index < -0.39 is 0 Å². The van der Waals surface area contributed by atoms with Gasteiger partial charge in [-0.15, -0.1) is 0 Å². The van der Waals surface area contributed by atoms with Gasteiger partial charge in [-0.3, -0.25) is 0 Å². The van der Waals surface area contributed by atoms with Crippen LogP contribution < -0.4 is 24.8 Å². The summed E-state index contributed by atoms with van der Waals surface area (Å²) in [5.41, 5.74) is 1.62. The Hall–Kier alpha value is -3.48. The second-order valence-corrected chi connectivity index (χ2v) is 5.54. The lowest BCUT2D eigenvalue weighted by Crippen LogP contribution is -2.02. The molecule has 0 saturated heterocycles. The van der Waals surface area contributed by atoms with Crippen molar-refractivity contribution in [3.8, 4) is 17.2 Å². The first-order valence-corrected chi connectivity index (χ1v) is 8.54. The monoisotopic (exact) mass is 366 g/mol. The standard InChI is InChI=1S/C20H22N4O3/c1-4-27-15-7-5-14(6-8-15)22-19-11-12-21-20(24-19)23-17-13-16(25-2)9-10-18(17)26-3/h5-13H,4H2,1-3H3,(H2,21,22,23,24). The Kier molecular flexibility index (Phi) is 5.94. The number of methoxy groups -OCH3 is 2. The maximum Gasteiger partial charge on any atom is 0.229 e.